The van der Waals surface area contributed by atoms with Crippen molar-refractivity contribution in [2.24, 2.45) is 5.92 Å². The number of hydrogen-bond acceptors (Lipinski definition) is 5. The molecule has 2 heterocycles. The van der Waals surface area contributed by atoms with Crippen molar-refractivity contribution >= 4 is 17.4 Å². The average molecular weight is 337 g/mol. The first-order valence-corrected chi connectivity index (χ1v) is 8.89. The van der Waals surface area contributed by atoms with Crippen molar-refractivity contribution in [3.8, 4) is 11.3 Å². The van der Waals surface area contributed by atoms with E-state index in [1.807, 2.05) is 24.1 Å². The number of piperazine rings is 1. The van der Waals surface area contributed by atoms with E-state index in [2.05, 4.69) is 32.3 Å². The molecule has 0 unspecified atom stereocenters. The maximum absolute atomic E-state index is 12.2. The molecule has 1 aromatic heterocycles. The monoisotopic (exact) mass is 337 g/mol. The van der Waals surface area contributed by atoms with Crippen molar-refractivity contribution in [1.82, 2.24) is 14.9 Å². The van der Waals surface area contributed by atoms with Crippen LogP contribution in [0.1, 0.15) is 12.8 Å². The van der Waals surface area contributed by atoms with Gasteiger partial charge in [-0.05, 0) is 25.0 Å². The number of carbonyl (C=O) groups is 1. The Hall–Kier alpha value is -2.63. The lowest BCUT2D eigenvalue weighted by molar-refractivity contribution is -0.132. The highest BCUT2D eigenvalue weighted by molar-refractivity contribution is 5.81. The molecule has 6 nitrogen and oxygen atoms in total. The van der Waals surface area contributed by atoms with E-state index in [0.717, 1.165) is 61.8 Å². The first kappa shape index (κ1) is 15.9. The van der Waals surface area contributed by atoms with Crippen molar-refractivity contribution in [2.45, 2.75) is 12.8 Å². The highest BCUT2D eigenvalue weighted by Crippen LogP contribution is 2.32. The van der Waals surface area contributed by atoms with Gasteiger partial charge in [-0.2, -0.15) is 0 Å². The van der Waals surface area contributed by atoms with Crippen molar-refractivity contribution in [1.29, 1.82) is 0 Å². The molecule has 0 bridgehead atoms. The number of nitrogens with zero attached hydrogens (tertiary/aromatic N) is 4. The number of nitrogens with one attached hydrogen (secondary N) is 1. The molecule has 2 aromatic rings. The number of anilines is 2. The molecule has 6 heteroatoms. The summed E-state index contributed by atoms with van der Waals surface area (Å²) < 4.78 is 0. The Morgan fingerprint density at radius 3 is 2.36 bits per heavy atom. The van der Waals surface area contributed by atoms with E-state index in [0.29, 0.717) is 11.8 Å². The second-order valence-electron chi connectivity index (χ2n) is 6.64. The molecule has 4 rings (SSSR count). The number of benzene rings is 1. The second-order valence-corrected chi connectivity index (χ2v) is 6.64. The zero-order valence-electron chi connectivity index (χ0n) is 14.5. The van der Waals surface area contributed by atoms with E-state index in [-0.39, 0.29) is 0 Å². The van der Waals surface area contributed by atoms with Gasteiger partial charge in [0.15, 0.2) is 5.82 Å². The number of aromatic nitrogens is 2. The van der Waals surface area contributed by atoms with Crippen molar-refractivity contribution in [3.05, 3.63) is 36.7 Å². The summed E-state index contributed by atoms with van der Waals surface area (Å²) in [4.78, 5) is 25.6. The van der Waals surface area contributed by atoms with Crippen LogP contribution >= 0.6 is 0 Å². The molecule has 25 heavy (non-hydrogen) atoms. The lowest BCUT2D eigenvalue weighted by atomic mass is 10.1. The minimum atomic E-state index is 0.296. The van der Waals surface area contributed by atoms with Crippen LogP contribution in [0.4, 0.5) is 11.5 Å². The van der Waals surface area contributed by atoms with Crippen LogP contribution in [0, 0.1) is 5.92 Å². The minimum Gasteiger partial charge on any atom is -0.388 e. The molecule has 1 saturated heterocycles. The van der Waals surface area contributed by atoms with Crippen LogP contribution in [-0.4, -0.2) is 54.0 Å². The van der Waals surface area contributed by atoms with Crippen molar-refractivity contribution < 1.29 is 4.79 Å². The summed E-state index contributed by atoms with van der Waals surface area (Å²) in [6, 6.07) is 8.21. The van der Waals surface area contributed by atoms with E-state index >= 15 is 0 Å². The van der Waals surface area contributed by atoms with Crippen molar-refractivity contribution in [3.63, 3.8) is 0 Å². The van der Waals surface area contributed by atoms with Gasteiger partial charge in [0, 0.05) is 62.8 Å². The minimum absolute atomic E-state index is 0.296. The van der Waals surface area contributed by atoms with E-state index in [1.165, 1.54) is 0 Å². The molecule has 0 radical (unpaired) electrons. The average Bonchev–Trinajstić information content (AvgIpc) is 3.53. The third kappa shape index (κ3) is 3.29. The third-order valence-corrected chi connectivity index (χ3v) is 4.94. The summed E-state index contributed by atoms with van der Waals surface area (Å²) in [5, 5.41) is 3.13. The number of carbonyl (C=O) groups excluding carboxylic acids is 1. The van der Waals surface area contributed by atoms with Gasteiger partial charge in [-0.1, -0.05) is 12.1 Å². The summed E-state index contributed by atoms with van der Waals surface area (Å²) in [6.07, 6.45) is 5.60. The number of hydrogen-bond donors (Lipinski definition) is 1. The molecule has 0 spiro atoms. The normalized spacial score (nSPS) is 17.5. The van der Waals surface area contributed by atoms with Gasteiger partial charge in [-0.15, -0.1) is 0 Å². The van der Waals surface area contributed by atoms with Crippen LogP contribution in [0.5, 0.6) is 0 Å². The van der Waals surface area contributed by atoms with Crippen LogP contribution < -0.4 is 10.2 Å². The van der Waals surface area contributed by atoms with Crippen LogP contribution in [0.15, 0.2) is 36.7 Å². The van der Waals surface area contributed by atoms with Crippen LogP contribution in [0.2, 0.25) is 0 Å². The summed E-state index contributed by atoms with van der Waals surface area (Å²) >= 11 is 0. The van der Waals surface area contributed by atoms with Gasteiger partial charge in [0.25, 0.3) is 0 Å². The van der Waals surface area contributed by atoms with Gasteiger partial charge < -0.3 is 15.1 Å². The quantitative estimate of drug-likeness (QED) is 0.927. The van der Waals surface area contributed by atoms with Crippen molar-refractivity contribution in [2.75, 3.05) is 43.4 Å². The largest absolute Gasteiger partial charge is 0.388 e. The van der Waals surface area contributed by atoms with E-state index in [1.54, 1.807) is 12.4 Å². The molecule has 1 amide bonds. The van der Waals surface area contributed by atoms with Gasteiger partial charge in [-0.3, -0.25) is 9.78 Å². The summed E-state index contributed by atoms with van der Waals surface area (Å²) in [6.45, 7) is 3.14. The predicted octanol–water partition coefficient (Wildman–Crippen LogP) is 2.24. The first-order chi connectivity index (χ1) is 12.3. The van der Waals surface area contributed by atoms with Gasteiger partial charge in [-0.25, -0.2) is 4.98 Å². The zero-order valence-corrected chi connectivity index (χ0v) is 14.5. The SMILES string of the molecule is CNc1ccc(-c2nccnc2N2CCN(C(=O)C3CC3)CC2)cc1. The summed E-state index contributed by atoms with van der Waals surface area (Å²) in [5.41, 5.74) is 3.02. The molecule has 1 N–H and O–H groups in total. The van der Waals surface area contributed by atoms with Crippen LogP contribution in [-0.2, 0) is 4.79 Å². The fourth-order valence-electron chi connectivity index (χ4n) is 3.29. The molecule has 2 fully saturated rings. The number of amides is 1. The summed E-state index contributed by atoms with van der Waals surface area (Å²) in [7, 11) is 1.91. The van der Waals surface area contributed by atoms with Gasteiger partial charge >= 0.3 is 0 Å². The lowest BCUT2D eigenvalue weighted by Crippen LogP contribution is -2.49. The Kier molecular flexibility index (Phi) is 4.26. The van der Waals surface area contributed by atoms with E-state index < -0.39 is 0 Å². The molecular weight excluding hydrogens is 314 g/mol. The molecule has 2 aliphatic rings. The second kappa shape index (κ2) is 6.70. The molecule has 1 saturated carbocycles. The topological polar surface area (TPSA) is 61.4 Å². The standard InChI is InChI=1S/C19H23N5O/c1-20-16-6-4-14(5-7-16)17-18(22-9-8-21-17)23-10-12-24(13-11-23)19(25)15-2-3-15/h4-9,15,20H,2-3,10-13H2,1H3. The lowest BCUT2D eigenvalue weighted by Gasteiger charge is -2.36. The van der Waals surface area contributed by atoms with Gasteiger partial charge in [0.1, 0.15) is 5.69 Å². The molecule has 1 aliphatic carbocycles. The van der Waals surface area contributed by atoms with Crippen LogP contribution in [0.3, 0.4) is 0 Å². The van der Waals surface area contributed by atoms with E-state index in [4.69, 9.17) is 0 Å². The Morgan fingerprint density at radius 1 is 1.04 bits per heavy atom. The maximum Gasteiger partial charge on any atom is 0.225 e. The van der Waals surface area contributed by atoms with Gasteiger partial charge in [0.2, 0.25) is 5.91 Å². The van der Waals surface area contributed by atoms with E-state index in [9.17, 15) is 4.79 Å². The van der Waals surface area contributed by atoms with Crippen LogP contribution in [0.25, 0.3) is 11.3 Å². The zero-order chi connectivity index (χ0) is 17.2. The highest BCUT2D eigenvalue weighted by Gasteiger charge is 2.35. The Balaban J connectivity index is 1.52. The highest BCUT2D eigenvalue weighted by atomic mass is 16.2. The first-order valence-electron chi connectivity index (χ1n) is 8.89. The summed E-state index contributed by atoms with van der Waals surface area (Å²) in [5.74, 6) is 1.53. The third-order valence-electron chi connectivity index (χ3n) is 4.94. The molecule has 130 valence electrons. The fourth-order valence-corrected chi connectivity index (χ4v) is 3.29. The molecule has 0 atom stereocenters. The fraction of sp³-hybridized carbons (Fsp3) is 0.421. The number of rotatable bonds is 4. The smallest absolute Gasteiger partial charge is 0.225 e. The molecular formula is C19H23N5O. The Bertz CT molecular complexity index is 749. The van der Waals surface area contributed by atoms with Gasteiger partial charge in [0.05, 0.1) is 0 Å². The molecule has 1 aromatic carbocycles. The molecule has 1 aliphatic heterocycles. The Labute approximate surface area is 147 Å². The maximum atomic E-state index is 12.2. The Morgan fingerprint density at radius 2 is 1.72 bits per heavy atom. The predicted molar refractivity (Wildman–Crippen MR) is 98.5 cm³/mol.